The molecule has 0 radical (unpaired) electrons. The zero-order valence-corrected chi connectivity index (χ0v) is 9.65. The van der Waals surface area contributed by atoms with Gasteiger partial charge in [0.2, 0.25) is 5.91 Å². The minimum atomic E-state index is 0.159. The maximum absolute atomic E-state index is 11.2. The third kappa shape index (κ3) is 3.14. The number of hydrogen-bond acceptors (Lipinski definition) is 2. The van der Waals surface area contributed by atoms with E-state index in [2.05, 4.69) is 10.6 Å². The maximum atomic E-state index is 11.2. The van der Waals surface area contributed by atoms with Gasteiger partial charge in [0.1, 0.15) is 0 Å². The van der Waals surface area contributed by atoms with E-state index in [1.54, 1.807) is 4.90 Å². The monoisotopic (exact) mass is 215 g/mol. The van der Waals surface area contributed by atoms with Gasteiger partial charge in [0, 0.05) is 26.1 Å². The van der Waals surface area contributed by atoms with Crippen LogP contribution in [0.15, 0.2) is 0 Å². The van der Waals surface area contributed by atoms with Gasteiger partial charge in [-0.3, -0.25) is 4.79 Å². The van der Waals surface area contributed by atoms with Crippen molar-refractivity contribution in [2.24, 2.45) is 0 Å². The van der Waals surface area contributed by atoms with Crippen molar-refractivity contribution in [3.63, 3.8) is 0 Å². The van der Waals surface area contributed by atoms with Crippen LogP contribution < -0.4 is 10.6 Å². The Kier molecular flexibility index (Phi) is 3.69. The van der Waals surface area contributed by atoms with Crippen molar-refractivity contribution in [2.45, 2.75) is 32.4 Å². The lowest BCUT2D eigenvalue weighted by molar-refractivity contribution is -0.126. The van der Waals surface area contributed by atoms with Gasteiger partial charge in [-0.25, -0.2) is 0 Å². The fourth-order valence-electron chi connectivity index (χ4n) is 1.45. The van der Waals surface area contributed by atoms with Crippen LogP contribution in [0.3, 0.4) is 0 Å². The molecule has 1 amide bonds. The molecule has 0 aromatic heterocycles. The molecule has 2 N–H and O–H groups in total. The third-order valence-electron chi connectivity index (χ3n) is 2.10. The van der Waals surface area contributed by atoms with Crippen LogP contribution in [0.5, 0.6) is 0 Å². The van der Waals surface area contributed by atoms with Crippen molar-refractivity contribution in [3.8, 4) is 0 Å². The van der Waals surface area contributed by atoms with Crippen LogP contribution in [-0.2, 0) is 4.79 Å². The van der Waals surface area contributed by atoms with Gasteiger partial charge in [-0.2, -0.15) is 0 Å². The zero-order valence-electron chi connectivity index (χ0n) is 8.83. The number of likely N-dealkylation sites (tertiary alicyclic amines) is 1. The van der Waals surface area contributed by atoms with Gasteiger partial charge in [0.25, 0.3) is 0 Å². The molecule has 1 fully saturated rings. The predicted octanol–water partition coefficient (Wildman–Crippen LogP) is 0.0896. The summed E-state index contributed by atoms with van der Waals surface area (Å²) in [5.74, 6) is 0.176. The topological polar surface area (TPSA) is 44.4 Å². The minimum Gasteiger partial charge on any atom is -0.361 e. The third-order valence-corrected chi connectivity index (χ3v) is 2.33. The molecule has 0 aliphatic carbocycles. The summed E-state index contributed by atoms with van der Waals surface area (Å²) in [7, 11) is 1.81. The van der Waals surface area contributed by atoms with Crippen molar-refractivity contribution >= 4 is 23.2 Å². The van der Waals surface area contributed by atoms with E-state index in [4.69, 9.17) is 12.2 Å². The van der Waals surface area contributed by atoms with Crippen molar-refractivity contribution in [2.75, 3.05) is 13.6 Å². The first kappa shape index (κ1) is 11.2. The predicted molar refractivity (Wildman–Crippen MR) is 60.0 cm³/mol. The molecule has 14 heavy (non-hydrogen) atoms. The summed E-state index contributed by atoms with van der Waals surface area (Å²) < 4.78 is 0. The Labute approximate surface area is 90.0 Å². The minimum absolute atomic E-state index is 0.159. The molecule has 0 bridgehead atoms. The lowest BCUT2D eigenvalue weighted by Crippen LogP contribution is -2.45. The Morgan fingerprint density at radius 2 is 2.29 bits per heavy atom. The Morgan fingerprint density at radius 3 is 2.71 bits per heavy atom. The van der Waals surface area contributed by atoms with E-state index in [9.17, 15) is 4.79 Å². The fourth-order valence-corrected chi connectivity index (χ4v) is 1.85. The number of likely N-dealkylation sites (N-methyl/N-ethyl adjacent to an activating group) is 1. The molecule has 1 saturated heterocycles. The first-order valence-corrected chi connectivity index (χ1v) is 5.21. The highest BCUT2D eigenvalue weighted by molar-refractivity contribution is 7.80. The number of carbonyl (C=O) groups is 1. The van der Waals surface area contributed by atoms with Gasteiger partial charge in [-0.15, -0.1) is 0 Å². The number of rotatable bonds is 2. The molecule has 1 aliphatic rings. The molecule has 1 rings (SSSR count). The number of thiocarbonyl (C=S) groups is 1. The normalized spacial score (nSPS) is 21.6. The highest BCUT2D eigenvalue weighted by Crippen LogP contribution is 2.07. The number of nitrogens with one attached hydrogen (secondary N) is 2. The Morgan fingerprint density at radius 1 is 1.64 bits per heavy atom. The molecule has 0 aromatic rings. The molecule has 1 unspecified atom stereocenters. The average Bonchev–Trinajstić information content (AvgIpc) is 2.28. The van der Waals surface area contributed by atoms with Crippen LogP contribution in [0.1, 0.15) is 20.3 Å². The molecule has 1 aliphatic heterocycles. The zero-order chi connectivity index (χ0) is 10.7. The van der Waals surface area contributed by atoms with E-state index in [0.29, 0.717) is 17.6 Å². The molecular formula is C9H17N3OS. The van der Waals surface area contributed by atoms with E-state index in [1.807, 2.05) is 20.9 Å². The van der Waals surface area contributed by atoms with Gasteiger partial charge in [0.05, 0.1) is 6.04 Å². The molecule has 4 nitrogen and oxygen atoms in total. The lowest BCUT2D eigenvalue weighted by atomic mass is 10.2. The van der Waals surface area contributed by atoms with Crippen molar-refractivity contribution in [1.29, 1.82) is 0 Å². The van der Waals surface area contributed by atoms with Gasteiger partial charge < -0.3 is 15.5 Å². The second-order valence-electron chi connectivity index (χ2n) is 3.95. The second-order valence-corrected chi connectivity index (χ2v) is 4.36. The summed E-state index contributed by atoms with van der Waals surface area (Å²) >= 11 is 5.09. The van der Waals surface area contributed by atoms with E-state index >= 15 is 0 Å². The average molecular weight is 215 g/mol. The summed E-state index contributed by atoms with van der Waals surface area (Å²) in [5.41, 5.74) is 0. The van der Waals surface area contributed by atoms with E-state index in [-0.39, 0.29) is 11.9 Å². The van der Waals surface area contributed by atoms with E-state index < -0.39 is 0 Å². The summed E-state index contributed by atoms with van der Waals surface area (Å²) in [5, 5.41) is 6.85. The van der Waals surface area contributed by atoms with E-state index in [0.717, 1.165) is 6.54 Å². The maximum Gasteiger partial charge on any atom is 0.224 e. The van der Waals surface area contributed by atoms with Crippen LogP contribution in [0, 0.1) is 0 Å². The van der Waals surface area contributed by atoms with Crippen molar-refractivity contribution < 1.29 is 4.79 Å². The smallest absolute Gasteiger partial charge is 0.224 e. The number of amides is 1. The van der Waals surface area contributed by atoms with Gasteiger partial charge in [-0.05, 0) is 26.1 Å². The number of carbonyl (C=O) groups excluding carboxylic acids is 1. The van der Waals surface area contributed by atoms with Crippen molar-refractivity contribution in [3.05, 3.63) is 0 Å². The van der Waals surface area contributed by atoms with Crippen LogP contribution >= 0.6 is 12.2 Å². The largest absolute Gasteiger partial charge is 0.361 e. The van der Waals surface area contributed by atoms with E-state index in [1.165, 1.54) is 0 Å². The molecule has 80 valence electrons. The number of hydrogen-bond donors (Lipinski definition) is 2. The Bertz CT molecular complexity index is 242. The van der Waals surface area contributed by atoms with Crippen LogP contribution in [0.2, 0.25) is 0 Å². The molecule has 0 spiro atoms. The second kappa shape index (κ2) is 4.59. The molecule has 1 heterocycles. The molecule has 5 heteroatoms. The van der Waals surface area contributed by atoms with Gasteiger partial charge in [0.15, 0.2) is 5.11 Å². The van der Waals surface area contributed by atoms with Gasteiger partial charge >= 0.3 is 0 Å². The lowest BCUT2D eigenvalue weighted by Gasteiger charge is -2.17. The summed E-state index contributed by atoms with van der Waals surface area (Å²) in [6, 6.07) is 0.482. The summed E-state index contributed by atoms with van der Waals surface area (Å²) in [6.45, 7) is 4.79. The summed E-state index contributed by atoms with van der Waals surface area (Å²) in [6.07, 6.45) is 0.538. The SMILES string of the molecule is CC(C)NC(=S)NC1CC(=O)N(C)C1. The number of nitrogens with zero attached hydrogens (tertiary/aromatic N) is 1. The van der Waals surface area contributed by atoms with Crippen LogP contribution in [0.4, 0.5) is 0 Å². The Balaban J connectivity index is 2.32. The molecule has 1 atom stereocenters. The van der Waals surface area contributed by atoms with Crippen LogP contribution in [0.25, 0.3) is 0 Å². The highest BCUT2D eigenvalue weighted by atomic mass is 32.1. The first-order chi connectivity index (χ1) is 6.49. The molecule has 0 aromatic carbocycles. The quantitative estimate of drug-likeness (QED) is 0.641. The Hall–Kier alpha value is -0.840. The first-order valence-electron chi connectivity index (χ1n) is 4.80. The van der Waals surface area contributed by atoms with Crippen molar-refractivity contribution in [1.82, 2.24) is 15.5 Å². The standard InChI is InChI=1S/C9H17N3OS/c1-6(2)10-9(14)11-7-4-8(13)12(3)5-7/h6-7H,4-5H2,1-3H3,(H2,10,11,14). The summed E-state index contributed by atoms with van der Waals surface area (Å²) in [4.78, 5) is 12.9. The van der Waals surface area contributed by atoms with Crippen LogP contribution in [-0.4, -0.2) is 41.6 Å². The highest BCUT2D eigenvalue weighted by Gasteiger charge is 2.26. The molecular weight excluding hydrogens is 198 g/mol. The molecule has 0 saturated carbocycles. The fraction of sp³-hybridized carbons (Fsp3) is 0.778. The van der Waals surface area contributed by atoms with Gasteiger partial charge in [-0.1, -0.05) is 0 Å².